The van der Waals surface area contributed by atoms with Crippen molar-refractivity contribution in [1.82, 2.24) is 39.9 Å². The quantitative estimate of drug-likeness (QED) is 0.0779. The average Bonchev–Trinajstić information content (AvgIpc) is 4.15. The SMILES string of the molecule is Clc1ccc(S(Nc2ccccc2)(Nc2ccccc2)(Nc2ccccc2)(Nc2ccccc2)c2cccc3c4nc5nc(nc6[nH]c(nc7nc(nc([nH]4)c23)-c2ccccc2-7)c2ccccc62)-c2ccccc2-5)cc1. The summed E-state index contributed by atoms with van der Waals surface area (Å²) in [5.74, 6) is 1.97. The van der Waals surface area contributed by atoms with E-state index >= 15 is 0 Å². The van der Waals surface area contributed by atoms with Gasteiger partial charge in [0, 0.05) is 76.5 Å². The molecule has 9 aromatic carbocycles. The molecule has 8 bridgehead atoms. The number of rotatable bonds is 10. The highest BCUT2D eigenvalue weighted by molar-refractivity contribution is 8.68. The van der Waals surface area contributed by atoms with Gasteiger partial charge in [-0.25, -0.2) is 29.9 Å². The van der Waals surface area contributed by atoms with Crippen LogP contribution in [-0.4, -0.2) is 39.9 Å². The summed E-state index contributed by atoms with van der Waals surface area (Å²) >= 11 is 6.97. The lowest BCUT2D eigenvalue weighted by molar-refractivity contribution is 1.19. The maximum absolute atomic E-state index is 6.97. The first-order valence-electron chi connectivity index (χ1n) is 24.8. The monoisotopic (exact) mass is 1020 g/mol. The first-order valence-corrected chi connectivity index (χ1v) is 27.6. The fourth-order valence-electron chi connectivity index (χ4n) is 10.8. The van der Waals surface area contributed by atoms with Crippen molar-refractivity contribution < 1.29 is 0 Å². The van der Waals surface area contributed by atoms with Crippen LogP contribution in [0.3, 0.4) is 0 Å². The van der Waals surface area contributed by atoms with Gasteiger partial charge in [0.1, 0.15) is 22.6 Å². The number of fused-ring (bicyclic) bond motifs is 20. The highest BCUT2D eigenvalue weighted by Gasteiger charge is 2.64. The van der Waals surface area contributed by atoms with Gasteiger partial charge in [-0.1, -0.05) is 169 Å². The van der Waals surface area contributed by atoms with Crippen LogP contribution < -0.4 is 18.9 Å². The van der Waals surface area contributed by atoms with Gasteiger partial charge in [-0.3, -0.25) is 0 Å². The molecule has 0 unspecified atom stereocenters. The third-order valence-corrected chi connectivity index (χ3v) is 20.2. The first-order chi connectivity index (χ1) is 37.4. The lowest BCUT2D eigenvalue weighted by atomic mass is 10.1. The zero-order chi connectivity index (χ0) is 50.7. The minimum atomic E-state index is -5.51. The van der Waals surface area contributed by atoms with E-state index in [1.54, 1.807) is 0 Å². The molecule has 0 atom stereocenters. The number of H-pyrrole nitrogens is 2. The molecule has 0 amide bonds. The molecule has 0 spiro atoms. The molecule has 0 saturated carbocycles. The molecule has 2 aliphatic rings. The van der Waals surface area contributed by atoms with Crippen molar-refractivity contribution in [3.8, 4) is 45.6 Å². The van der Waals surface area contributed by atoms with Crippen LogP contribution in [0.5, 0.6) is 0 Å². The second-order valence-corrected chi connectivity index (χ2v) is 24.0. The van der Waals surface area contributed by atoms with E-state index in [4.69, 9.17) is 41.5 Å². The van der Waals surface area contributed by atoms with Crippen molar-refractivity contribution in [1.29, 1.82) is 0 Å². The number of nitrogens with one attached hydrogen (secondary N) is 6. The molecular formula is C62H45ClN12S. The Morgan fingerprint density at radius 1 is 0.303 bits per heavy atom. The minimum absolute atomic E-state index is 0.462. The van der Waals surface area contributed by atoms with E-state index in [1.165, 1.54) is 0 Å². The number of benzene rings is 9. The van der Waals surface area contributed by atoms with Crippen molar-refractivity contribution in [3.63, 3.8) is 0 Å². The summed E-state index contributed by atoms with van der Waals surface area (Å²) in [6, 6.07) is 79.5. The normalized spacial score (nSPS) is 12.8. The number of aromatic amines is 2. The Hall–Kier alpha value is -9.82. The lowest BCUT2D eigenvalue weighted by Crippen LogP contribution is -2.60. The largest absolute Gasteiger partial charge is 0.324 e. The Morgan fingerprint density at radius 2 is 0.632 bits per heavy atom. The van der Waals surface area contributed by atoms with Gasteiger partial charge in [0.25, 0.3) is 0 Å². The molecule has 76 heavy (non-hydrogen) atoms. The molecule has 14 rings (SSSR count). The van der Waals surface area contributed by atoms with Crippen LogP contribution in [0, 0.1) is 0 Å². The molecule has 14 heteroatoms. The molecule has 0 fully saturated rings. The molecule has 0 aliphatic carbocycles. The lowest BCUT2D eigenvalue weighted by Gasteiger charge is -2.82. The molecule has 3 aromatic heterocycles. The number of hydrogen-bond donors (Lipinski definition) is 6. The molecule has 2 aliphatic heterocycles. The van der Waals surface area contributed by atoms with Crippen LogP contribution in [0.1, 0.15) is 0 Å². The molecule has 12 nitrogen and oxygen atoms in total. The van der Waals surface area contributed by atoms with E-state index < -0.39 is 9.04 Å². The standard InChI is InChI=1S/C62H45ClN12S/c63-40-36-38-45(39-37-40)76(72-41-20-5-1-6-21-41,73-42-22-7-2-8-23-42,74-43-24-9-3-10-25-43,75-44-26-11-4-12-27-44)53-35-19-34-52-54(53)62-70-60-51-33-18-17-32-50(51)58(68-60)66-56-47-29-14-13-28-46(47)55(64-56)65-57-48-30-15-16-31-49(48)59(67-57)69-61(52)71-62/h1-39,72-75H,(H2,64,65,66,67,68,69,70,71). The van der Waals surface area contributed by atoms with Crippen LogP contribution >= 0.6 is 20.6 Å². The Morgan fingerprint density at radius 3 is 1.04 bits per heavy atom. The molecule has 12 aromatic rings. The third kappa shape index (κ3) is 7.01. The minimum Gasteiger partial charge on any atom is -0.324 e. The zero-order valence-corrected chi connectivity index (χ0v) is 42.1. The van der Waals surface area contributed by atoms with Crippen molar-refractivity contribution in [3.05, 3.63) is 242 Å². The molecule has 0 radical (unpaired) electrons. The highest BCUT2D eigenvalue weighted by atomic mass is 35.5. The first kappa shape index (κ1) is 44.8. The average molecular weight is 1030 g/mol. The van der Waals surface area contributed by atoms with Crippen LogP contribution in [-0.2, 0) is 0 Å². The van der Waals surface area contributed by atoms with E-state index in [2.05, 4.69) is 108 Å². The van der Waals surface area contributed by atoms with Gasteiger partial charge in [-0.2, -0.15) is 0 Å². The number of nitrogens with zero attached hydrogens (tertiary/aromatic N) is 6. The van der Waals surface area contributed by atoms with Gasteiger partial charge in [-0.05, 0) is 87.9 Å². The second-order valence-electron chi connectivity index (χ2n) is 18.8. The summed E-state index contributed by atoms with van der Waals surface area (Å²) in [5, 5.41) is 3.83. The number of hydrogen-bond acceptors (Lipinski definition) is 10. The van der Waals surface area contributed by atoms with Crippen molar-refractivity contribution in [2.24, 2.45) is 0 Å². The maximum Gasteiger partial charge on any atom is 0.164 e. The molecule has 5 heterocycles. The Balaban J connectivity index is 1.24. The van der Waals surface area contributed by atoms with Gasteiger partial charge in [0.15, 0.2) is 23.3 Å². The smallest absolute Gasteiger partial charge is 0.164 e. The summed E-state index contributed by atoms with van der Waals surface area (Å²) in [7, 11) is -5.51. The predicted molar refractivity (Wildman–Crippen MR) is 312 cm³/mol. The van der Waals surface area contributed by atoms with Crippen LogP contribution in [0.2, 0.25) is 5.02 Å². The topological polar surface area (TPSA) is 157 Å². The van der Waals surface area contributed by atoms with Gasteiger partial charge in [0.05, 0.1) is 4.90 Å². The highest BCUT2D eigenvalue weighted by Crippen LogP contribution is 2.95. The van der Waals surface area contributed by atoms with E-state index in [9.17, 15) is 0 Å². The van der Waals surface area contributed by atoms with E-state index in [-0.39, 0.29) is 0 Å². The summed E-state index contributed by atoms with van der Waals surface area (Å²) in [6.07, 6.45) is 0. The Bertz CT molecular complexity index is 4230. The summed E-state index contributed by atoms with van der Waals surface area (Å²) in [6.45, 7) is 0. The Kier molecular flexibility index (Phi) is 10.1. The third-order valence-electron chi connectivity index (χ3n) is 14.1. The van der Waals surface area contributed by atoms with E-state index in [0.717, 1.165) is 71.0 Å². The number of para-hydroxylation sites is 4. The van der Waals surface area contributed by atoms with Gasteiger partial charge in [-0.15, -0.1) is 0 Å². The van der Waals surface area contributed by atoms with Crippen LogP contribution in [0.25, 0.3) is 89.7 Å². The van der Waals surface area contributed by atoms with Crippen LogP contribution in [0.4, 0.5) is 22.7 Å². The van der Waals surface area contributed by atoms with Gasteiger partial charge < -0.3 is 28.9 Å². The maximum atomic E-state index is 6.97. The fourth-order valence-corrected chi connectivity index (χ4v) is 17.2. The molecule has 0 saturated heterocycles. The zero-order valence-electron chi connectivity index (χ0n) is 40.5. The number of anilines is 4. The predicted octanol–water partition coefficient (Wildman–Crippen LogP) is 15.9. The molecular weight excluding hydrogens is 980 g/mol. The van der Waals surface area contributed by atoms with E-state index in [0.29, 0.717) is 56.3 Å². The summed E-state index contributed by atoms with van der Waals surface area (Å²) in [5.41, 5.74) is 8.72. The van der Waals surface area contributed by atoms with Gasteiger partial charge >= 0.3 is 0 Å². The van der Waals surface area contributed by atoms with Crippen molar-refractivity contribution >= 4 is 87.5 Å². The molecule has 366 valence electrons. The number of aromatic nitrogens is 8. The number of halogens is 1. The van der Waals surface area contributed by atoms with E-state index in [1.807, 2.05) is 158 Å². The Labute approximate surface area is 440 Å². The van der Waals surface area contributed by atoms with Crippen molar-refractivity contribution in [2.75, 3.05) is 18.9 Å². The molecule has 6 N–H and O–H groups in total. The van der Waals surface area contributed by atoms with Crippen molar-refractivity contribution in [2.45, 2.75) is 9.79 Å². The summed E-state index contributed by atoms with van der Waals surface area (Å²) < 4.78 is 17.5. The second kappa shape index (κ2) is 17.1. The van der Waals surface area contributed by atoms with Crippen LogP contribution in [0.15, 0.2) is 246 Å². The summed E-state index contributed by atoms with van der Waals surface area (Å²) in [4.78, 5) is 41.1. The van der Waals surface area contributed by atoms with Gasteiger partial charge in [0.2, 0.25) is 0 Å². The fraction of sp³-hybridized carbons (Fsp3) is 0.